The Morgan fingerprint density at radius 1 is 0.875 bits per heavy atom. The van der Waals surface area contributed by atoms with Gasteiger partial charge >= 0.3 is 12.3 Å². The highest BCUT2D eigenvalue weighted by Crippen LogP contribution is 1.90. The molecule has 0 N–H and O–H groups in total. The second-order valence-electron chi connectivity index (χ2n) is 1.89. The van der Waals surface area contributed by atoms with Crippen molar-refractivity contribution in [2.75, 3.05) is 13.2 Å². The van der Waals surface area contributed by atoms with Crippen LogP contribution in [0.2, 0.25) is 0 Å². The molecule has 8 nitrogen and oxygen atoms in total. The SMILES string of the molecule is C=COOC(=O)OCCOC(=O)OOC=C. The van der Waals surface area contributed by atoms with Crippen molar-refractivity contribution >= 4 is 12.3 Å². The van der Waals surface area contributed by atoms with Crippen molar-refractivity contribution in [2.24, 2.45) is 0 Å². The van der Waals surface area contributed by atoms with Gasteiger partial charge in [-0.25, -0.2) is 9.78 Å². The summed E-state index contributed by atoms with van der Waals surface area (Å²) in [4.78, 5) is 37.2. The quantitative estimate of drug-likeness (QED) is 0.215. The van der Waals surface area contributed by atoms with Crippen LogP contribution in [-0.4, -0.2) is 25.5 Å². The van der Waals surface area contributed by atoms with Crippen LogP contribution in [0.15, 0.2) is 25.7 Å². The molecule has 0 saturated heterocycles. The summed E-state index contributed by atoms with van der Waals surface area (Å²) in [6, 6.07) is 0. The van der Waals surface area contributed by atoms with Crippen molar-refractivity contribution in [3.05, 3.63) is 25.7 Å². The lowest BCUT2D eigenvalue weighted by atomic mass is 10.8. The van der Waals surface area contributed by atoms with Crippen molar-refractivity contribution in [1.29, 1.82) is 0 Å². The average molecular weight is 234 g/mol. The van der Waals surface area contributed by atoms with Crippen molar-refractivity contribution in [3.63, 3.8) is 0 Å². The third-order valence-corrected chi connectivity index (χ3v) is 0.892. The number of hydrogen-bond acceptors (Lipinski definition) is 8. The van der Waals surface area contributed by atoms with E-state index in [1.165, 1.54) is 0 Å². The highest BCUT2D eigenvalue weighted by Gasteiger charge is 2.07. The van der Waals surface area contributed by atoms with Crippen molar-refractivity contribution < 1.29 is 38.6 Å². The molecule has 0 heterocycles. The predicted molar refractivity (Wildman–Crippen MR) is 47.4 cm³/mol. The van der Waals surface area contributed by atoms with E-state index in [1.54, 1.807) is 0 Å². The Morgan fingerprint density at radius 3 is 1.56 bits per heavy atom. The van der Waals surface area contributed by atoms with Gasteiger partial charge in [-0.05, 0) is 0 Å². The normalized spacial score (nSPS) is 8.25. The third kappa shape index (κ3) is 8.23. The first kappa shape index (κ1) is 13.6. The molecule has 90 valence electrons. The van der Waals surface area contributed by atoms with Crippen molar-refractivity contribution in [2.45, 2.75) is 0 Å². The van der Waals surface area contributed by atoms with Crippen LogP contribution < -0.4 is 0 Å². The van der Waals surface area contributed by atoms with Crippen LogP contribution in [0.3, 0.4) is 0 Å². The van der Waals surface area contributed by atoms with Gasteiger partial charge in [-0.2, -0.15) is 9.59 Å². The highest BCUT2D eigenvalue weighted by atomic mass is 17.2. The van der Waals surface area contributed by atoms with E-state index in [1.807, 2.05) is 0 Å². The maximum atomic E-state index is 10.6. The molecule has 0 aliphatic heterocycles. The zero-order valence-corrected chi connectivity index (χ0v) is 8.25. The molecule has 0 bridgehead atoms. The van der Waals surface area contributed by atoms with Gasteiger partial charge in [0.1, 0.15) is 25.7 Å². The fourth-order valence-electron chi connectivity index (χ4n) is 0.445. The lowest BCUT2D eigenvalue weighted by molar-refractivity contribution is -0.214. The predicted octanol–water partition coefficient (Wildman–Crippen LogP) is 1.44. The Kier molecular flexibility index (Phi) is 7.82. The highest BCUT2D eigenvalue weighted by molar-refractivity contribution is 5.59. The van der Waals surface area contributed by atoms with Crippen LogP contribution in [0, 0.1) is 0 Å². The van der Waals surface area contributed by atoms with Gasteiger partial charge in [0.2, 0.25) is 0 Å². The first-order valence-electron chi connectivity index (χ1n) is 3.92. The molecular weight excluding hydrogens is 224 g/mol. The Hall–Kier alpha value is -2.38. The minimum atomic E-state index is -1.10. The van der Waals surface area contributed by atoms with Gasteiger partial charge in [0, 0.05) is 0 Å². The Bertz CT molecular complexity index is 222. The summed E-state index contributed by atoms with van der Waals surface area (Å²) in [6.45, 7) is 5.77. The first-order chi connectivity index (χ1) is 7.70. The molecule has 0 fully saturated rings. The molecule has 0 saturated carbocycles. The molecule has 0 atom stereocenters. The van der Waals surface area contributed by atoms with Crippen molar-refractivity contribution in [1.82, 2.24) is 0 Å². The maximum absolute atomic E-state index is 10.6. The molecule has 0 aliphatic carbocycles. The third-order valence-electron chi connectivity index (χ3n) is 0.892. The second-order valence-corrected chi connectivity index (χ2v) is 1.89. The average Bonchev–Trinajstić information content (AvgIpc) is 2.29. The van der Waals surface area contributed by atoms with Gasteiger partial charge in [0.15, 0.2) is 0 Å². The van der Waals surface area contributed by atoms with E-state index in [-0.39, 0.29) is 13.2 Å². The summed E-state index contributed by atoms with van der Waals surface area (Å²) in [7, 11) is 0. The number of carbonyl (C=O) groups excluding carboxylic acids is 2. The largest absolute Gasteiger partial charge is 0.549 e. The zero-order valence-electron chi connectivity index (χ0n) is 8.25. The Morgan fingerprint density at radius 2 is 1.25 bits per heavy atom. The van der Waals surface area contributed by atoms with Crippen LogP contribution in [0.5, 0.6) is 0 Å². The molecule has 0 aromatic heterocycles. The molecule has 0 amide bonds. The summed E-state index contributed by atoms with van der Waals surface area (Å²) >= 11 is 0. The summed E-state index contributed by atoms with van der Waals surface area (Å²) in [5.41, 5.74) is 0. The summed E-state index contributed by atoms with van der Waals surface area (Å²) in [6.07, 6.45) is -0.415. The summed E-state index contributed by atoms with van der Waals surface area (Å²) in [5.74, 6) is 0. The lowest BCUT2D eigenvalue weighted by Crippen LogP contribution is -2.14. The van der Waals surface area contributed by atoms with Crippen LogP contribution in [0.1, 0.15) is 0 Å². The fraction of sp³-hybridized carbons (Fsp3) is 0.250. The number of hydrogen-bond donors (Lipinski definition) is 0. The molecule has 0 rings (SSSR count). The van der Waals surface area contributed by atoms with Crippen LogP contribution in [0.25, 0.3) is 0 Å². The summed E-state index contributed by atoms with van der Waals surface area (Å²) < 4.78 is 8.74. The van der Waals surface area contributed by atoms with Gasteiger partial charge in [0.05, 0.1) is 0 Å². The smallest absolute Gasteiger partial charge is 0.428 e. The van der Waals surface area contributed by atoms with E-state index in [2.05, 4.69) is 42.2 Å². The molecule has 16 heavy (non-hydrogen) atoms. The lowest BCUT2D eigenvalue weighted by Gasteiger charge is -2.04. The molecule has 0 spiro atoms. The number of ether oxygens (including phenoxy) is 2. The van der Waals surface area contributed by atoms with Gasteiger partial charge in [-0.3, -0.25) is 9.78 Å². The van der Waals surface area contributed by atoms with Crippen molar-refractivity contribution in [3.8, 4) is 0 Å². The van der Waals surface area contributed by atoms with E-state index in [0.717, 1.165) is 12.5 Å². The van der Waals surface area contributed by atoms with Crippen LogP contribution >= 0.6 is 0 Å². The zero-order chi connectivity index (χ0) is 12.2. The minimum Gasteiger partial charge on any atom is -0.428 e. The standard InChI is InChI=1S/C8H10O8/c1-3-13-15-7(9)11-5-6-12-8(10)16-14-4-2/h3-4H,1-2,5-6H2. The molecule has 0 aliphatic rings. The van der Waals surface area contributed by atoms with Crippen LogP contribution in [-0.2, 0) is 29.0 Å². The van der Waals surface area contributed by atoms with E-state index in [9.17, 15) is 9.59 Å². The Balaban J connectivity index is 3.37. The fourth-order valence-corrected chi connectivity index (χ4v) is 0.445. The van der Waals surface area contributed by atoms with Crippen LogP contribution in [0.4, 0.5) is 9.59 Å². The van der Waals surface area contributed by atoms with E-state index >= 15 is 0 Å². The molecule has 0 aromatic carbocycles. The topological polar surface area (TPSA) is 89.5 Å². The summed E-state index contributed by atoms with van der Waals surface area (Å²) in [5, 5.41) is 0. The molecule has 0 aromatic rings. The van der Waals surface area contributed by atoms with Gasteiger partial charge in [-0.15, -0.1) is 0 Å². The van der Waals surface area contributed by atoms with Gasteiger partial charge in [-0.1, -0.05) is 13.2 Å². The molecule has 8 heteroatoms. The molecular formula is C8H10O8. The van der Waals surface area contributed by atoms with Gasteiger partial charge < -0.3 is 9.47 Å². The minimum absolute atomic E-state index is 0.234. The molecule has 0 radical (unpaired) electrons. The molecule has 0 unspecified atom stereocenters. The monoisotopic (exact) mass is 234 g/mol. The first-order valence-corrected chi connectivity index (χ1v) is 3.92. The number of carbonyl (C=O) groups is 2. The maximum Gasteiger partial charge on any atom is 0.549 e. The Labute approximate surface area is 90.8 Å². The van der Waals surface area contributed by atoms with E-state index in [0.29, 0.717) is 0 Å². The van der Waals surface area contributed by atoms with E-state index < -0.39 is 12.3 Å². The van der Waals surface area contributed by atoms with Gasteiger partial charge in [0.25, 0.3) is 0 Å². The second kappa shape index (κ2) is 9.19. The van der Waals surface area contributed by atoms with E-state index in [4.69, 9.17) is 0 Å². The number of rotatable bonds is 7.